The van der Waals surface area contributed by atoms with Crippen LogP contribution < -0.4 is 0 Å². The van der Waals surface area contributed by atoms with Crippen LogP contribution in [0.25, 0.3) is 0 Å². The Morgan fingerprint density at radius 1 is 0.789 bits per heavy atom. The summed E-state index contributed by atoms with van der Waals surface area (Å²) in [6, 6.07) is 0. The van der Waals surface area contributed by atoms with Gasteiger partial charge < -0.3 is 0 Å². The first kappa shape index (κ1) is 15.4. The van der Waals surface area contributed by atoms with Crippen molar-refractivity contribution in [3.63, 3.8) is 0 Å². The molecule has 2 saturated carbocycles. The van der Waals surface area contributed by atoms with Crippen molar-refractivity contribution in [3.05, 3.63) is 0 Å². The molecule has 0 aliphatic heterocycles. The molecule has 0 aromatic carbocycles. The summed E-state index contributed by atoms with van der Waals surface area (Å²) in [5.74, 6) is 5.31. The monoisotopic (exact) mass is 264 g/mol. The summed E-state index contributed by atoms with van der Waals surface area (Å²) in [6.07, 6.45) is 16.7. The summed E-state index contributed by atoms with van der Waals surface area (Å²) in [4.78, 5) is 0. The average molecular weight is 264 g/mol. The molecule has 0 aromatic heterocycles. The molecule has 112 valence electrons. The summed E-state index contributed by atoms with van der Waals surface area (Å²) in [5, 5.41) is 0. The van der Waals surface area contributed by atoms with Crippen LogP contribution in [0.1, 0.15) is 91.4 Å². The second kappa shape index (κ2) is 7.70. The largest absolute Gasteiger partial charge is 0.0654 e. The van der Waals surface area contributed by atoms with Crippen LogP contribution in [0.15, 0.2) is 0 Å². The first-order valence-corrected chi connectivity index (χ1v) is 9.24. The summed E-state index contributed by atoms with van der Waals surface area (Å²) >= 11 is 0. The molecule has 0 radical (unpaired) electrons. The Hall–Kier alpha value is 0. The molecular formula is C19H36. The molecule has 2 aliphatic rings. The van der Waals surface area contributed by atoms with E-state index in [1.54, 1.807) is 38.5 Å². The summed E-state index contributed by atoms with van der Waals surface area (Å²) in [7, 11) is 0. The van der Waals surface area contributed by atoms with E-state index in [9.17, 15) is 0 Å². The van der Waals surface area contributed by atoms with Gasteiger partial charge in [0.25, 0.3) is 0 Å². The zero-order valence-corrected chi connectivity index (χ0v) is 13.7. The van der Waals surface area contributed by atoms with E-state index in [1.165, 1.54) is 32.1 Å². The molecule has 2 aliphatic carbocycles. The van der Waals surface area contributed by atoms with Gasteiger partial charge in [-0.15, -0.1) is 0 Å². The van der Waals surface area contributed by atoms with Gasteiger partial charge in [0, 0.05) is 0 Å². The molecule has 2 fully saturated rings. The van der Waals surface area contributed by atoms with Crippen LogP contribution in [-0.2, 0) is 0 Å². The highest BCUT2D eigenvalue weighted by Gasteiger charge is 2.31. The van der Waals surface area contributed by atoms with Crippen molar-refractivity contribution in [2.45, 2.75) is 91.4 Å². The van der Waals surface area contributed by atoms with E-state index >= 15 is 0 Å². The topological polar surface area (TPSA) is 0 Å². The third-order valence-corrected chi connectivity index (χ3v) is 6.52. The summed E-state index contributed by atoms with van der Waals surface area (Å²) in [5.41, 5.74) is 0. The van der Waals surface area contributed by atoms with Crippen LogP contribution in [0.5, 0.6) is 0 Å². The van der Waals surface area contributed by atoms with Crippen molar-refractivity contribution < 1.29 is 0 Å². The SMILES string of the molecule is CCCC1CCC(C2CCC(C(C)CC)CC2)CC1. The zero-order valence-electron chi connectivity index (χ0n) is 13.7. The second-order valence-electron chi connectivity index (χ2n) is 7.63. The van der Waals surface area contributed by atoms with Crippen LogP contribution in [0.4, 0.5) is 0 Å². The van der Waals surface area contributed by atoms with Gasteiger partial charge >= 0.3 is 0 Å². The lowest BCUT2D eigenvalue weighted by atomic mass is 9.67. The molecule has 0 N–H and O–H groups in total. The predicted octanol–water partition coefficient (Wildman–Crippen LogP) is 6.45. The molecule has 2 rings (SSSR count). The third kappa shape index (κ3) is 4.23. The van der Waals surface area contributed by atoms with Crippen LogP contribution in [0.3, 0.4) is 0 Å². The van der Waals surface area contributed by atoms with E-state index in [1.807, 2.05) is 0 Å². The average Bonchev–Trinajstić information content (AvgIpc) is 2.48. The standard InChI is InChI=1S/C19H36/c1-4-6-16-7-9-18(10-8-16)19-13-11-17(12-14-19)15(3)5-2/h15-19H,4-14H2,1-3H3. The summed E-state index contributed by atoms with van der Waals surface area (Å²) < 4.78 is 0. The van der Waals surface area contributed by atoms with Crippen molar-refractivity contribution in [3.8, 4) is 0 Å². The molecular weight excluding hydrogens is 228 g/mol. The van der Waals surface area contributed by atoms with Crippen LogP contribution in [-0.4, -0.2) is 0 Å². The van der Waals surface area contributed by atoms with Crippen molar-refractivity contribution in [2.24, 2.45) is 29.6 Å². The summed E-state index contributed by atoms with van der Waals surface area (Å²) in [6.45, 7) is 7.19. The predicted molar refractivity (Wildman–Crippen MR) is 85.3 cm³/mol. The Balaban J connectivity index is 1.71. The minimum Gasteiger partial charge on any atom is -0.0654 e. The van der Waals surface area contributed by atoms with Gasteiger partial charge in [-0.3, -0.25) is 0 Å². The van der Waals surface area contributed by atoms with Gasteiger partial charge in [-0.1, -0.05) is 52.9 Å². The minimum atomic E-state index is 0.973. The molecule has 1 atom stereocenters. The van der Waals surface area contributed by atoms with Crippen LogP contribution >= 0.6 is 0 Å². The smallest absolute Gasteiger partial charge is 0.0386 e. The van der Waals surface area contributed by atoms with E-state index < -0.39 is 0 Å². The van der Waals surface area contributed by atoms with Gasteiger partial charge in [-0.25, -0.2) is 0 Å². The lowest BCUT2D eigenvalue weighted by molar-refractivity contribution is 0.126. The normalized spacial score (nSPS) is 38.1. The molecule has 0 saturated heterocycles. The molecule has 0 nitrogen and oxygen atoms in total. The quantitative estimate of drug-likeness (QED) is 0.535. The maximum absolute atomic E-state index is 2.47. The van der Waals surface area contributed by atoms with Gasteiger partial charge in [0.05, 0.1) is 0 Å². The second-order valence-corrected chi connectivity index (χ2v) is 7.63. The molecule has 0 aromatic rings. The molecule has 0 heteroatoms. The lowest BCUT2D eigenvalue weighted by Gasteiger charge is -2.39. The molecule has 0 heterocycles. The maximum atomic E-state index is 2.47. The van der Waals surface area contributed by atoms with Gasteiger partial charge in [-0.05, 0) is 68.1 Å². The lowest BCUT2D eigenvalue weighted by Crippen LogP contribution is -2.27. The fraction of sp³-hybridized carbons (Fsp3) is 1.00. The molecule has 0 bridgehead atoms. The Kier molecular flexibility index (Phi) is 6.23. The highest BCUT2D eigenvalue weighted by atomic mass is 14.4. The van der Waals surface area contributed by atoms with E-state index in [0.29, 0.717) is 0 Å². The van der Waals surface area contributed by atoms with Crippen molar-refractivity contribution in [2.75, 3.05) is 0 Å². The van der Waals surface area contributed by atoms with Crippen LogP contribution in [0, 0.1) is 29.6 Å². The highest BCUT2D eigenvalue weighted by molar-refractivity contribution is 4.83. The number of hydrogen-bond acceptors (Lipinski definition) is 0. The first-order valence-electron chi connectivity index (χ1n) is 9.24. The Bertz CT molecular complexity index is 228. The van der Waals surface area contributed by atoms with Crippen molar-refractivity contribution >= 4 is 0 Å². The van der Waals surface area contributed by atoms with Gasteiger partial charge in [-0.2, -0.15) is 0 Å². The first-order chi connectivity index (χ1) is 9.24. The van der Waals surface area contributed by atoms with E-state index in [4.69, 9.17) is 0 Å². The van der Waals surface area contributed by atoms with Gasteiger partial charge in [0.15, 0.2) is 0 Å². The van der Waals surface area contributed by atoms with Crippen LogP contribution in [0.2, 0.25) is 0 Å². The Labute approximate surface area is 121 Å². The van der Waals surface area contributed by atoms with E-state index in [2.05, 4.69) is 20.8 Å². The molecule has 1 unspecified atom stereocenters. The van der Waals surface area contributed by atoms with Crippen molar-refractivity contribution in [1.82, 2.24) is 0 Å². The van der Waals surface area contributed by atoms with E-state index in [0.717, 1.165) is 29.6 Å². The fourth-order valence-electron chi connectivity index (χ4n) is 4.88. The number of rotatable bonds is 5. The van der Waals surface area contributed by atoms with E-state index in [-0.39, 0.29) is 0 Å². The minimum absolute atomic E-state index is 0.973. The molecule has 0 spiro atoms. The molecule has 19 heavy (non-hydrogen) atoms. The fourth-order valence-corrected chi connectivity index (χ4v) is 4.88. The van der Waals surface area contributed by atoms with Crippen molar-refractivity contribution in [1.29, 1.82) is 0 Å². The highest BCUT2D eigenvalue weighted by Crippen LogP contribution is 2.43. The van der Waals surface area contributed by atoms with Gasteiger partial charge in [0.1, 0.15) is 0 Å². The molecule has 0 amide bonds. The maximum Gasteiger partial charge on any atom is -0.0386 e. The zero-order chi connectivity index (χ0) is 13.7. The number of hydrogen-bond donors (Lipinski definition) is 0. The van der Waals surface area contributed by atoms with Gasteiger partial charge in [0.2, 0.25) is 0 Å². The Morgan fingerprint density at radius 3 is 1.79 bits per heavy atom. The third-order valence-electron chi connectivity index (χ3n) is 6.52. The Morgan fingerprint density at radius 2 is 1.32 bits per heavy atom.